The SMILES string of the molecule is O=C(CCCCC(=O)Nc1ccc2c(=O)[nH]ncc2c1)Nc1ccc2c(=O)[nH]ncc2c1. The largest absolute Gasteiger partial charge is 0.326 e. The van der Waals surface area contributed by atoms with Crippen LogP contribution in [-0.4, -0.2) is 32.2 Å². The van der Waals surface area contributed by atoms with Crippen LogP contribution in [0.3, 0.4) is 0 Å². The molecule has 0 atom stereocenters. The minimum atomic E-state index is -0.285. The second kappa shape index (κ2) is 9.21. The molecule has 10 heteroatoms. The first-order chi connectivity index (χ1) is 15.5. The van der Waals surface area contributed by atoms with E-state index in [1.165, 1.54) is 12.4 Å². The summed E-state index contributed by atoms with van der Waals surface area (Å²) in [6.45, 7) is 0. The molecule has 4 rings (SSSR count). The zero-order valence-electron chi connectivity index (χ0n) is 17.0. The minimum Gasteiger partial charge on any atom is -0.326 e. The first-order valence-corrected chi connectivity index (χ1v) is 10.0. The van der Waals surface area contributed by atoms with Crippen LogP contribution in [0.4, 0.5) is 11.4 Å². The van der Waals surface area contributed by atoms with E-state index in [1.807, 2.05) is 0 Å². The molecule has 162 valence electrons. The summed E-state index contributed by atoms with van der Waals surface area (Å²) < 4.78 is 0. The number of H-pyrrole nitrogens is 2. The van der Waals surface area contributed by atoms with Crippen LogP contribution < -0.4 is 21.8 Å². The summed E-state index contributed by atoms with van der Waals surface area (Å²) >= 11 is 0. The van der Waals surface area contributed by atoms with Gasteiger partial charge in [0.05, 0.1) is 23.2 Å². The number of aromatic amines is 2. The lowest BCUT2D eigenvalue weighted by atomic mass is 10.1. The maximum absolute atomic E-state index is 12.2. The van der Waals surface area contributed by atoms with E-state index in [9.17, 15) is 19.2 Å². The van der Waals surface area contributed by atoms with E-state index >= 15 is 0 Å². The maximum atomic E-state index is 12.2. The molecule has 2 heterocycles. The molecule has 0 aliphatic rings. The summed E-state index contributed by atoms with van der Waals surface area (Å²) in [7, 11) is 0. The van der Waals surface area contributed by atoms with Gasteiger partial charge in [-0.05, 0) is 49.2 Å². The van der Waals surface area contributed by atoms with E-state index in [-0.39, 0.29) is 35.8 Å². The number of nitrogens with zero attached hydrogens (tertiary/aromatic N) is 2. The topological polar surface area (TPSA) is 150 Å². The Bertz CT molecular complexity index is 1320. The van der Waals surface area contributed by atoms with Crippen molar-refractivity contribution in [1.29, 1.82) is 0 Å². The molecule has 0 saturated carbocycles. The first-order valence-electron chi connectivity index (χ1n) is 10.0. The molecule has 4 N–H and O–H groups in total. The van der Waals surface area contributed by atoms with Crippen LogP contribution in [0.5, 0.6) is 0 Å². The van der Waals surface area contributed by atoms with E-state index in [4.69, 9.17) is 0 Å². The van der Waals surface area contributed by atoms with Crippen LogP contribution in [0, 0.1) is 0 Å². The molecule has 2 amide bonds. The lowest BCUT2D eigenvalue weighted by molar-refractivity contribution is -0.118. The number of fused-ring (bicyclic) bond motifs is 2. The standard InChI is InChI=1S/C22H20N6O4/c29-19(25-15-5-7-17-13(9-15)11-23-27-21(17)31)3-1-2-4-20(30)26-16-6-8-18-14(10-16)12-24-28-22(18)32/h5-12H,1-4H2,(H,25,29)(H,26,30)(H,27,31)(H,28,32). The quantitative estimate of drug-likeness (QED) is 0.329. The van der Waals surface area contributed by atoms with E-state index in [0.29, 0.717) is 45.8 Å². The van der Waals surface area contributed by atoms with Gasteiger partial charge in [0.2, 0.25) is 11.8 Å². The van der Waals surface area contributed by atoms with Gasteiger partial charge in [-0.15, -0.1) is 0 Å². The van der Waals surface area contributed by atoms with Crippen molar-refractivity contribution >= 4 is 44.7 Å². The van der Waals surface area contributed by atoms with E-state index in [2.05, 4.69) is 31.0 Å². The molecule has 0 radical (unpaired) electrons. The van der Waals surface area contributed by atoms with Crippen LogP contribution in [0.25, 0.3) is 21.5 Å². The number of hydrogen-bond acceptors (Lipinski definition) is 6. The Labute approximate surface area is 181 Å². The molecule has 0 bridgehead atoms. The second-order valence-electron chi connectivity index (χ2n) is 7.31. The summed E-state index contributed by atoms with van der Waals surface area (Å²) in [4.78, 5) is 47.7. The van der Waals surface area contributed by atoms with Crippen LogP contribution in [0.1, 0.15) is 25.7 Å². The average molecular weight is 432 g/mol. The molecule has 2 aromatic carbocycles. The lowest BCUT2D eigenvalue weighted by Crippen LogP contribution is -2.14. The number of aromatic nitrogens is 4. The predicted octanol–water partition coefficient (Wildman–Crippen LogP) is 2.30. The molecule has 2 aromatic heterocycles. The highest BCUT2D eigenvalue weighted by atomic mass is 16.2. The zero-order chi connectivity index (χ0) is 22.5. The summed E-state index contributed by atoms with van der Waals surface area (Å²) in [5.74, 6) is -0.343. The van der Waals surface area contributed by atoms with Gasteiger partial charge in [0.15, 0.2) is 0 Å². The third-order valence-corrected chi connectivity index (χ3v) is 4.96. The highest BCUT2D eigenvalue weighted by Crippen LogP contribution is 2.17. The van der Waals surface area contributed by atoms with Gasteiger partial charge in [0, 0.05) is 35.0 Å². The van der Waals surface area contributed by atoms with E-state index in [0.717, 1.165) is 0 Å². The molecule has 0 saturated heterocycles. The van der Waals surface area contributed by atoms with Gasteiger partial charge in [-0.2, -0.15) is 10.2 Å². The number of rotatable bonds is 7. The van der Waals surface area contributed by atoms with Crippen molar-refractivity contribution in [2.45, 2.75) is 25.7 Å². The molecule has 32 heavy (non-hydrogen) atoms. The zero-order valence-corrected chi connectivity index (χ0v) is 17.0. The Balaban J connectivity index is 1.23. The average Bonchev–Trinajstić information content (AvgIpc) is 2.77. The Hall–Kier alpha value is -4.34. The van der Waals surface area contributed by atoms with Crippen LogP contribution in [0.2, 0.25) is 0 Å². The van der Waals surface area contributed by atoms with Crippen molar-refractivity contribution < 1.29 is 9.59 Å². The van der Waals surface area contributed by atoms with Crippen LogP contribution in [-0.2, 0) is 9.59 Å². The number of anilines is 2. The van der Waals surface area contributed by atoms with Crippen molar-refractivity contribution in [2.24, 2.45) is 0 Å². The van der Waals surface area contributed by atoms with Gasteiger partial charge in [-0.25, -0.2) is 10.2 Å². The smallest absolute Gasteiger partial charge is 0.272 e. The van der Waals surface area contributed by atoms with Crippen molar-refractivity contribution in [3.8, 4) is 0 Å². The number of carbonyl (C=O) groups excluding carboxylic acids is 2. The van der Waals surface area contributed by atoms with E-state index in [1.54, 1.807) is 36.4 Å². The van der Waals surface area contributed by atoms with Gasteiger partial charge >= 0.3 is 0 Å². The third-order valence-electron chi connectivity index (χ3n) is 4.96. The Morgan fingerprint density at radius 3 is 1.59 bits per heavy atom. The number of carbonyl (C=O) groups is 2. The summed E-state index contributed by atoms with van der Waals surface area (Å²) in [6.07, 6.45) is 4.67. The van der Waals surface area contributed by atoms with Gasteiger partial charge < -0.3 is 10.6 Å². The highest BCUT2D eigenvalue weighted by Gasteiger charge is 2.08. The van der Waals surface area contributed by atoms with Gasteiger partial charge in [-0.3, -0.25) is 19.2 Å². The fraction of sp³-hybridized carbons (Fsp3) is 0.182. The minimum absolute atomic E-state index is 0.171. The molecular weight excluding hydrogens is 412 g/mol. The van der Waals surface area contributed by atoms with Gasteiger partial charge in [0.1, 0.15) is 0 Å². The Morgan fingerprint density at radius 2 is 1.16 bits per heavy atom. The molecule has 0 fully saturated rings. The normalized spacial score (nSPS) is 10.9. The number of unbranched alkanes of at least 4 members (excludes halogenated alkanes) is 1. The lowest BCUT2D eigenvalue weighted by Gasteiger charge is -2.07. The Kier molecular flexibility index (Phi) is 6.02. The Morgan fingerprint density at radius 1 is 0.719 bits per heavy atom. The van der Waals surface area contributed by atoms with Gasteiger partial charge in [0.25, 0.3) is 11.1 Å². The molecule has 0 aliphatic heterocycles. The van der Waals surface area contributed by atoms with Gasteiger partial charge in [-0.1, -0.05) is 0 Å². The molecule has 10 nitrogen and oxygen atoms in total. The number of benzene rings is 2. The van der Waals surface area contributed by atoms with Crippen molar-refractivity contribution in [2.75, 3.05) is 10.6 Å². The maximum Gasteiger partial charge on any atom is 0.272 e. The van der Waals surface area contributed by atoms with Crippen molar-refractivity contribution in [3.05, 3.63) is 69.5 Å². The van der Waals surface area contributed by atoms with Crippen LogP contribution >= 0.6 is 0 Å². The molecule has 0 spiro atoms. The molecule has 0 unspecified atom stereocenters. The second-order valence-corrected chi connectivity index (χ2v) is 7.31. The van der Waals surface area contributed by atoms with Crippen LogP contribution in [0.15, 0.2) is 58.4 Å². The first kappa shape index (κ1) is 20.9. The fourth-order valence-electron chi connectivity index (χ4n) is 3.37. The fourth-order valence-corrected chi connectivity index (χ4v) is 3.37. The third kappa shape index (κ3) is 4.86. The van der Waals surface area contributed by atoms with Crippen molar-refractivity contribution in [3.63, 3.8) is 0 Å². The van der Waals surface area contributed by atoms with Crippen molar-refractivity contribution in [1.82, 2.24) is 20.4 Å². The summed E-state index contributed by atoms with van der Waals surface area (Å²) in [5.41, 5.74) is 0.592. The summed E-state index contributed by atoms with van der Waals surface area (Å²) in [6, 6.07) is 9.97. The molecular formula is C22H20N6O4. The summed E-state index contributed by atoms with van der Waals surface area (Å²) in [5, 5.41) is 20.1. The highest BCUT2D eigenvalue weighted by molar-refractivity contribution is 5.95. The number of hydrogen-bond donors (Lipinski definition) is 4. The predicted molar refractivity (Wildman–Crippen MR) is 120 cm³/mol. The number of amides is 2. The monoisotopic (exact) mass is 432 g/mol. The van der Waals surface area contributed by atoms with E-state index < -0.39 is 0 Å². The molecule has 4 aromatic rings. The molecule has 0 aliphatic carbocycles. The number of nitrogens with one attached hydrogen (secondary N) is 4.